The number of nitrogens with zero attached hydrogens (tertiary/aromatic N) is 1. The molecule has 1 heterocycles. The van der Waals surface area contributed by atoms with Crippen LogP contribution in [0.2, 0.25) is 0 Å². The van der Waals surface area contributed by atoms with Crippen LogP contribution in [0.25, 0.3) is 21.8 Å². The van der Waals surface area contributed by atoms with Gasteiger partial charge in [0.05, 0.1) is 11.0 Å². The van der Waals surface area contributed by atoms with E-state index in [1.54, 1.807) is 0 Å². The van der Waals surface area contributed by atoms with Crippen molar-refractivity contribution in [2.45, 2.75) is 0 Å². The summed E-state index contributed by atoms with van der Waals surface area (Å²) >= 11 is 0. The molecule has 2 aromatic carbocycles. The minimum absolute atomic E-state index is 0. The molecule has 1 aromatic heterocycles. The van der Waals surface area contributed by atoms with E-state index in [0.717, 1.165) is 33.2 Å². The third-order valence-electron chi connectivity index (χ3n) is 2.66. The van der Waals surface area contributed by atoms with Crippen LogP contribution in [-0.4, -0.2) is 4.98 Å². The fraction of sp³-hybridized carbons (Fsp3) is 0. The van der Waals surface area contributed by atoms with Gasteiger partial charge in [0.15, 0.2) is 0 Å². The molecule has 94 valence electrons. The van der Waals surface area contributed by atoms with E-state index in [-0.39, 0.29) is 24.8 Å². The Morgan fingerprint density at radius 3 is 1.56 bits per heavy atom. The Kier molecular flexibility index (Phi) is 4.22. The number of benzene rings is 2. The second-order valence-corrected chi connectivity index (χ2v) is 3.89. The maximum atomic E-state index is 5.75. The molecule has 0 aliphatic carbocycles. The van der Waals surface area contributed by atoms with Gasteiger partial charge in [-0.3, -0.25) is 0 Å². The highest BCUT2D eigenvalue weighted by Crippen LogP contribution is 2.22. The Morgan fingerprint density at radius 2 is 1.11 bits per heavy atom. The van der Waals surface area contributed by atoms with Gasteiger partial charge in [0.2, 0.25) is 0 Å². The van der Waals surface area contributed by atoms with Crippen LogP contribution in [0.1, 0.15) is 0 Å². The molecular formula is C13H13Cl2N3. The number of pyridine rings is 1. The highest BCUT2D eigenvalue weighted by Gasteiger charge is 2.00. The van der Waals surface area contributed by atoms with Gasteiger partial charge in [0.1, 0.15) is 0 Å². The number of hydrogen-bond acceptors (Lipinski definition) is 3. The summed E-state index contributed by atoms with van der Waals surface area (Å²) in [5.41, 5.74) is 14.9. The number of hydrogen-bond donors (Lipinski definition) is 2. The van der Waals surface area contributed by atoms with E-state index in [9.17, 15) is 0 Å². The van der Waals surface area contributed by atoms with Crippen molar-refractivity contribution in [2.75, 3.05) is 11.5 Å². The smallest absolute Gasteiger partial charge is 0.0711 e. The minimum atomic E-state index is 0. The average Bonchev–Trinajstić information content (AvgIpc) is 2.26. The highest BCUT2D eigenvalue weighted by molar-refractivity contribution is 5.94. The molecule has 3 rings (SSSR count). The topological polar surface area (TPSA) is 64.9 Å². The molecule has 0 spiro atoms. The molecule has 0 bridgehead atoms. The molecule has 0 unspecified atom stereocenters. The Bertz CT molecular complexity index is 641. The van der Waals surface area contributed by atoms with E-state index in [2.05, 4.69) is 11.1 Å². The summed E-state index contributed by atoms with van der Waals surface area (Å²) in [4.78, 5) is 4.55. The molecule has 4 N–H and O–H groups in total. The fourth-order valence-corrected chi connectivity index (χ4v) is 1.88. The first-order chi connectivity index (χ1) is 7.72. The van der Waals surface area contributed by atoms with Gasteiger partial charge in [-0.2, -0.15) is 0 Å². The molecule has 0 fully saturated rings. The molecule has 0 radical (unpaired) electrons. The van der Waals surface area contributed by atoms with Crippen molar-refractivity contribution in [3.05, 3.63) is 42.5 Å². The third kappa shape index (κ3) is 2.42. The molecule has 18 heavy (non-hydrogen) atoms. The zero-order chi connectivity index (χ0) is 11.1. The number of anilines is 2. The first kappa shape index (κ1) is 14.4. The number of aromatic nitrogens is 1. The normalized spacial score (nSPS) is 9.78. The highest BCUT2D eigenvalue weighted by atomic mass is 35.5. The Hall–Kier alpha value is -1.71. The summed E-state index contributed by atoms with van der Waals surface area (Å²) < 4.78 is 0. The van der Waals surface area contributed by atoms with Gasteiger partial charge in [0, 0.05) is 22.1 Å². The van der Waals surface area contributed by atoms with Crippen molar-refractivity contribution in [2.24, 2.45) is 0 Å². The lowest BCUT2D eigenvalue weighted by atomic mass is 10.1. The largest absolute Gasteiger partial charge is 0.399 e. The summed E-state index contributed by atoms with van der Waals surface area (Å²) in [6.45, 7) is 0. The van der Waals surface area contributed by atoms with E-state index in [1.165, 1.54) is 0 Å². The summed E-state index contributed by atoms with van der Waals surface area (Å²) in [6, 6.07) is 13.5. The van der Waals surface area contributed by atoms with Crippen LogP contribution in [0.15, 0.2) is 42.5 Å². The van der Waals surface area contributed by atoms with Crippen LogP contribution in [0.4, 0.5) is 11.4 Å². The molecule has 0 atom stereocenters. The summed E-state index contributed by atoms with van der Waals surface area (Å²) in [5.74, 6) is 0. The van der Waals surface area contributed by atoms with E-state index >= 15 is 0 Å². The van der Waals surface area contributed by atoms with Gasteiger partial charge in [-0.25, -0.2) is 4.98 Å². The van der Waals surface area contributed by atoms with Gasteiger partial charge in [0.25, 0.3) is 0 Å². The predicted octanol–water partition coefficient (Wildman–Crippen LogP) is 3.40. The number of halogens is 2. The minimum Gasteiger partial charge on any atom is -0.399 e. The SMILES string of the molecule is Cl.Cl.Nc1ccc2nc3ccc(N)cc3cc2c1. The zero-order valence-corrected chi connectivity index (χ0v) is 11.1. The van der Waals surface area contributed by atoms with E-state index in [0.29, 0.717) is 0 Å². The fourth-order valence-electron chi connectivity index (χ4n) is 1.88. The van der Waals surface area contributed by atoms with Crippen LogP contribution in [-0.2, 0) is 0 Å². The van der Waals surface area contributed by atoms with Crippen LogP contribution >= 0.6 is 24.8 Å². The monoisotopic (exact) mass is 281 g/mol. The number of fused-ring (bicyclic) bond motifs is 2. The van der Waals surface area contributed by atoms with Crippen LogP contribution in [0.3, 0.4) is 0 Å². The maximum absolute atomic E-state index is 5.75. The summed E-state index contributed by atoms with van der Waals surface area (Å²) in [7, 11) is 0. The van der Waals surface area contributed by atoms with Crippen molar-refractivity contribution in [1.29, 1.82) is 0 Å². The Labute approximate surface area is 117 Å². The van der Waals surface area contributed by atoms with Crippen molar-refractivity contribution in [1.82, 2.24) is 4.98 Å². The lowest BCUT2D eigenvalue weighted by Crippen LogP contribution is -1.88. The number of nitrogen functional groups attached to an aromatic ring is 2. The van der Waals surface area contributed by atoms with Crippen LogP contribution in [0.5, 0.6) is 0 Å². The van der Waals surface area contributed by atoms with Crippen LogP contribution < -0.4 is 11.5 Å². The molecule has 0 aliphatic rings. The van der Waals surface area contributed by atoms with E-state index in [1.807, 2.05) is 36.4 Å². The second-order valence-electron chi connectivity index (χ2n) is 3.89. The van der Waals surface area contributed by atoms with Crippen LogP contribution in [0, 0.1) is 0 Å². The van der Waals surface area contributed by atoms with Crippen molar-refractivity contribution >= 4 is 58.0 Å². The molecular weight excluding hydrogens is 269 g/mol. The average molecular weight is 282 g/mol. The zero-order valence-electron chi connectivity index (χ0n) is 9.46. The predicted molar refractivity (Wildman–Crippen MR) is 82.6 cm³/mol. The molecule has 3 nitrogen and oxygen atoms in total. The standard InChI is InChI=1S/C13H11N3.2ClH/c14-10-1-3-12-8(6-10)5-9-7-11(15)2-4-13(9)16-12;;/h1-7H,14-15H2;2*1H. The number of nitrogens with two attached hydrogens (primary N) is 2. The van der Waals surface area contributed by atoms with Gasteiger partial charge in [-0.1, -0.05) is 0 Å². The molecule has 0 saturated heterocycles. The summed E-state index contributed by atoms with van der Waals surface area (Å²) in [6.07, 6.45) is 0. The third-order valence-corrected chi connectivity index (χ3v) is 2.66. The van der Waals surface area contributed by atoms with Gasteiger partial charge >= 0.3 is 0 Å². The van der Waals surface area contributed by atoms with Crippen molar-refractivity contribution in [3.8, 4) is 0 Å². The number of rotatable bonds is 0. The first-order valence-electron chi connectivity index (χ1n) is 5.08. The summed E-state index contributed by atoms with van der Waals surface area (Å²) in [5, 5.41) is 2.08. The Morgan fingerprint density at radius 1 is 0.667 bits per heavy atom. The molecule has 0 saturated carbocycles. The van der Waals surface area contributed by atoms with Gasteiger partial charge in [-0.15, -0.1) is 24.8 Å². The molecule has 5 heteroatoms. The molecule has 0 amide bonds. The quantitative estimate of drug-likeness (QED) is 0.490. The first-order valence-corrected chi connectivity index (χ1v) is 5.08. The molecule has 0 aliphatic heterocycles. The second kappa shape index (κ2) is 5.29. The lowest BCUT2D eigenvalue weighted by molar-refractivity contribution is 1.50. The lowest BCUT2D eigenvalue weighted by Gasteiger charge is -2.03. The molecule has 3 aromatic rings. The Balaban J connectivity index is 0.000000810. The maximum Gasteiger partial charge on any atom is 0.0711 e. The van der Waals surface area contributed by atoms with E-state index < -0.39 is 0 Å². The van der Waals surface area contributed by atoms with E-state index in [4.69, 9.17) is 11.5 Å². The van der Waals surface area contributed by atoms with Crippen molar-refractivity contribution < 1.29 is 0 Å². The van der Waals surface area contributed by atoms with Crippen molar-refractivity contribution in [3.63, 3.8) is 0 Å². The van der Waals surface area contributed by atoms with Gasteiger partial charge < -0.3 is 11.5 Å². The van der Waals surface area contributed by atoms with Gasteiger partial charge in [-0.05, 0) is 42.5 Å².